The van der Waals surface area contributed by atoms with Gasteiger partial charge in [0.2, 0.25) is 0 Å². The Hall–Kier alpha value is -2.06. The molecule has 0 fully saturated rings. The molecule has 0 aliphatic heterocycles. The Labute approximate surface area is 194 Å². The van der Waals surface area contributed by atoms with E-state index in [4.69, 9.17) is 4.74 Å². The Balaban J connectivity index is 2.33. The van der Waals surface area contributed by atoms with E-state index in [2.05, 4.69) is 20.3 Å². The molecule has 0 saturated carbocycles. The number of nitrogens with zero attached hydrogens (tertiary/aromatic N) is 2. The van der Waals surface area contributed by atoms with Gasteiger partial charge in [0.05, 0.1) is 23.6 Å². The van der Waals surface area contributed by atoms with Crippen molar-refractivity contribution < 1.29 is 18.1 Å². The molecular weight excluding hydrogens is 483 g/mol. The summed E-state index contributed by atoms with van der Waals surface area (Å²) < 4.78 is 35.9. The molecule has 168 valence electrons. The van der Waals surface area contributed by atoms with Gasteiger partial charge in [0.1, 0.15) is 16.8 Å². The zero-order valence-electron chi connectivity index (χ0n) is 18.4. The summed E-state index contributed by atoms with van der Waals surface area (Å²) in [5.41, 5.74) is 2.16. The summed E-state index contributed by atoms with van der Waals surface area (Å²) in [7, 11) is -0.155. The number of carbonyl (C=O) groups excluding carboxylic acids is 1. The summed E-state index contributed by atoms with van der Waals surface area (Å²) in [5.74, 6) is -0.361. The Morgan fingerprint density at radius 3 is 2.26 bits per heavy atom. The monoisotopic (exact) mass is 510 g/mol. The van der Waals surface area contributed by atoms with Crippen LogP contribution in [0, 0.1) is 5.82 Å². The fourth-order valence-electron chi connectivity index (χ4n) is 2.83. The van der Waals surface area contributed by atoms with Crippen molar-refractivity contribution in [3.8, 4) is 0 Å². The van der Waals surface area contributed by atoms with E-state index in [1.54, 1.807) is 17.0 Å². The number of amides is 1. The molecule has 2 aromatic carbocycles. The van der Waals surface area contributed by atoms with Crippen molar-refractivity contribution in [2.24, 2.45) is 4.40 Å². The van der Waals surface area contributed by atoms with Gasteiger partial charge in [-0.1, -0.05) is 40.2 Å². The average Bonchev–Trinajstić information content (AvgIpc) is 2.72. The van der Waals surface area contributed by atoms with E-state index in [1.807, 2.05) is 52.0 Å². The van der Waals surface area contributed by atoms with Crippen LogP contribution in [0.2, 0.25) is 0 Å². The van der Waals surface area contributed by atoms with E-state index in [0.29, 0.717) is 24.2 Å². The van der Waals surface area contributed by atoms with Gasteiger partial charge < -0.3 is 9.64 Å². The van der Waals surface area contributed by atoms with Crippen LogP contribution in [0.1, 0.15) is 51.3 Å². The Bertz CT molecular complexity index is 941. The van der Waals surface area contributed by atoms with Gasteiger partial charge in [-0.25, -0.2) is 13.4 Å². The topological polar surface area (TPSA) is 59.0 Å². The first-order valence-electron chi connectivity index (χ1n) is 9.88. The van der Waals surface area contributed by atoms with Crippen molar-refractivity contribution in [2.75, 3.05) is 13.7 Å². The Morgan fingerprint density at radius 2 is 1.74 bits per heavy atom. The lowest BCUT2D eigenvalue weighted by Gasteiger charge is -2.28. The van der Waals surface area contributed by atoms with Crippen LogP contribution in [0.25, 0.3) is 0 Å². The van der Waals surface area contributed by atoms with Crippen LogP contribution < -0.4 is 0 Å². The summed E-state index contributed by atoms with van der Waals surface area (Å²) in [5, 5.41) is 0. The maximum absolute atomic E-state index is 13.4. The largest absolute Gasteiger partial charge is 0.453 e. The number of hydrogen-bond acceptors (Lipinski definition) is 3. The molecule has 0 aromatic heterocycles. The fraction of sp³-hybridized carbons (Fsp3) is 0.391. The highest BCUT2D eigenvalue weighted by Crippen LogP contribution is 2.24. The third kappa shape index (κ3) is 7.25. The van der Waals surface area contributed by atoms with E-state index >= 15 is 0 Å². The van der Waals surface area contributed by atoms with Gasteiger partial charge in [-0.2, -0.15) is 4.40 Å². The molecule has 31 heavy (non-hydrogen) atoms. The predicted octanol–water partition coefficient (Wildman–Crippen LogP) is 6.06. The van der Waals surface area contributed by atoms with Crippen LogP contribution in [0.15, 0.2) is 57.4 Å². The van der Waals surface area contributed by atoms with Gasteiger partial charge in [0.15, 0.2) is 0 Å². The third-order valence-electron chi connectivity index (χ3n) is 4.71. The van der Waals surface area contributed by atoms with E-state index < -0.39 is 21.8 Å². The predicted molar refractivity (Wildman–Crippen MR) is 127 cm³/mol. The Morgan fingerprint density at radius 1 is 1.16 bits per heavy atom. The smallest absolute Gasteiger partial charge is 0.409 e. The number of methoxy groups -OCH3 is 1. The van der Waals surface area contributed by atoms with Crippen LogP contribution >= 0.6 is 15.9 Å². The lowest BCUT2D eigenvalue weighted by molar-refractivity contribution is 0.109. The van der Waals surface area contributed by atoms with E-state index in [1.165, 1.54) is 19.2 Å². The highest BCUT2D eigenvalue weighted by molar-refractivity contribution is 9.10. The summed E-state index contributed by atoms with van der Waals surface area (Å²) in [6.45, 7) is 7.73. The van der Waals surface area contributed by atoms with Crippen molar-refractivity contribution in [3.05, 3.63) is 69.9 Å². The van der Waals surface area contributed by atoms with Crippen LogP contribution in [-0.4, -0.2) is 39.3 Å². The van der Waals surface area contributed by atoms with Crippen LogP contribution in [0.4, 0.5) is 9.18 Å². The van der Waals surface area contributed by atoms with Crippen LogP contribution in [-0.2, 0) is 15.7 Å². The SMILES string of the molecule is COC(=O)N(CCC(=N[S@@](=O)C(C)(C)C)c1ccc(F)cc1)[C@@H](C)c1ccc(Br)cc1. The summed E-state index contributed by atoms with van der Waals surface area (Å²) in [4.78, 5) is 14.1. The standard InChI is InChI=1S/C23H28BrFN2O3S/c1-16(17-6-10-19(24)11-7-17)27(22(28)30-5)15-14-21(26-31(29)23(2,3)4)18-8-12-20(25)13-9-18/h6-13,16H,14-15H2,1-5H3/t16-,31-/m0/s1. The molecule has 5 nitrogen and oxygen atoms in total. The molecule has 8 heteroatoms. The van der Waals surface area contributed by atoms with Crippen molar-refractivity contribution in [2.45, 2.75) is 44.9 Å². The normalized spacial score (nSPS) is 14.1. The highest BCUT2D eigenvalue weighted by Gasteiger charge is 2.24. The number of rotatable bonds is 7. The first-order valence-corrected chi connectivity index (χ1v) is 11.8. The quantitative estimate of drug-likeness (QED) is 0.425. The second kappa shape index (κ2) is 11.0. The van der Waals surface area contributed by atoms with Gasteiger partial charge >= 0.3 is 6.09 Å². The molecule has 0 unspecified atom stereocenters. The van der Waals surface area contributed by atoms with Crippen LogP contribution in [0.3, 0.4) is 0 Å². The molecular formula is C23H28BrFN2O3S. The molecule has 2 atom stereocenters. The van der Waals surface area contributed by atoms with Gasteiger partial charge in [-0.3, -0.25) is 0 Å². The van der Waals surface area contributed by atoms with E-state index in [0.717, 1.165) is 10.0 Å². The fourth-order valence-corrected chi connectivity index (χ4v) is 3.76. The number of carbonyl (C=O) groups is 1. The molecule has 0 radical (unpaired) electrons. The summed E-state index contributed by atoms with van der Waals surface area (Å²) in [6, 6.07) is 13.4. The molecule has 0 aliphatic carbocycles. The maximum Gasteiger partial charge on any atom is 0.409 e. The van der Waals surface area contributed by atoms with Gasteiger partial charge in [-0.15, -0.1) is 0 Å². The molecule has 0 aliphatic rings. The molecule has 2 rings (SSSR count). The second-order valence-corrected chi connectivity index (χ2v) is 10.9. The first kappa shape index (κ1) is 25.2. The zero-order chi connectivity index (χ0) is 23.2. The van der Waals surface area contributed by atoms with E-state index in [9.17, 15) is 13.4 Å². The van der Waals surface area contributed by atoms with Crippen molar-refractivity contribution in [1.29, 1.82) is 0 Å². The van der Waals surface area contributed by atoms with E-state index in [-0.39, 0.29) is 11.9 Å². The summed E-state index contributed by atoms with van der Waals surface area (Å²) >= 11 is 3.42. The van der Waals surface area contributed by atoms with Gasteiger partial charge in [-0.05, 0) is 63.1 Å². The molecule has 0 heterocycles. The minimum absolute atomic E-state index is 0.247. The molecule has 0 saturated heterocycles. The number of ether oxygens (including phenoxy) is 1. The molecule has 0 bridgehead atoms. The van der Waals surface area contributed by atoms with Gasteiger partial charge in [0, 0.05) is 17.4 Å². The number of benzene rings is 2. The second-order valence-electron chi connectivity index (χ2n) is 8.05. The number of hydrogen-bond donors (Lipinski definition) is 0. The minimum Gasteiger partial charge on any atom is -0.453 e. The molecule has 2 aromatic rings. The lowest BCUT2D eigenvalue weighted by atomic mass is 10.0. The van der Waals surface area contributed by atoms with Crippen molar-refractivity contribution >= 4 is 38.7 Å². The molecule has 0 N–H and O–H groups in total. The lowest BCUT2D eigenvalue weighted by Crippen LogP contribution is -2.35. The minimum atomic E-state index is -1.50. The van der Waals surface area contributed by atoms with Crippen LogP contribution in [0.5, 0.6) is 0 Å². The molecule has 1 amide bonds. The summed E-state index contributed by atoms with van der Waals surface area (Å²) in [6.07, 6.45) is -0.130. The van der Waals surface area contributed by atoms with Crippen molar-refractivity contribution in [3.63, 3.8) is 0 Å². The zero-order valence-corrected chi connectivity index (χ0v) is 20.8. The Kier molecular flexibility index (Phi) is 8.94. The highest BCUT2D eigenvalue weighted by atomic mass is 79.9. The average molecular weight is 511 g/mol. The third-order valence-corrected chi connectivity index (χ3v) is 6.68. The first-order chi connectivity index (χ1) is 14.5. The maximum atomic E-state index is 13.4. The number of halogens is 2. The van der Waals surface area contributed by atoms with Gasteiger partial charge in [0.25, 0.3) is 0 Å². The molecule has 0 spiro atoms. The van der Waals surface area contributed by atoms with Crippen molar-refractivity contribution in [1.82, 2.24) is 4.90 Å².